The Balaban J connectivity index is 2.79. The van der Waals surface area contributed by atoms with Crippen LogP contribution in [0.3, 0.4) is 0 Å². The van der Waals surface area contributed by atoms with Gasteiger partial charge in [-0.25, -0.2) is 4.39 Å². The summed E-state index contributed by atoms with van der Waals surface area (Å²) in [6.07, 6.45) is 0. The Bertz CT molecular complexity index is 366. The first-order chi connectivity index (χ1) is 7.00. The lowest BCUT2D eigenvalue weighted by Crippen LogP contribution is -2.20. The molecular weight excluding hydrogens is 199 g/mol. The summed E-state index contributed by atoms with van der Waals surface area (Å²) in [4.78, 5) is 10.4. The predicted molar refractivity (Wildman–Crippen MR) is 53.7 cm³/mol. The lowest BCUT2D eigenvalue weighted by atomic mass is 10.1. The number of amides is 1. The van der Waals surface area contributed by atoms with Gasteiger partial charge in [0.25, 0.3) is 5.91 Å². The molecule has 0 unspecified atom stereocenters. The van der Waals surface area contributed by atoms with Crippen molar-refractivity contribution in [3.63, 3.8) is 0 Å². The zero-order chi connectivity index (χ0) is 11.4. The highest BCUT2D eigenvalue weighted by molar-refractivity contribution is 5.75. The fourth-order valence-electron chi connectivity index (χ4n) is 1.07. The Kier molecular flexibility index (Phi) is 3.62. The maximum absolute atomic E-state index is 13.3. The minimum atomic E-state index is -0.648. The summed E-state index contributed by atoms with van der Waals surface area (Å²) in [6, 6.07) is 4.10. The number of ether oxygens (including phenoxy) is 1. The second kappa shape index (κ2) is 4.75. The summed E-state index contributed by atoms with van der Waals surface area (Å²) < 4.78 is 18.2. The van der Waals surface area contributed by atoms with Crippen LogP contribution in [0.5, 0.6) is 5.75 Å². The van der Waals surface area contributed by atoms with Crippen LogP contribution in [-0.2, 0) is 4.79 Å². The highest BCUT2D eigenvalue weighted by atomic mass is 19.1. The Morgan fingerprint density at radius 1 is 1.60 bits per heavy atom. The van der Waals surface area contributed by atoms with E-state index in [0.29, 0.717) is 5.56 Å². The third-order valence-electron chi connectivity index (χ3n) is 1.85. The van der Waals surface area contributed by atoms with E-state index in [1.807, 2.05) is 0 Å². The van der Waals surface area contributed by atoms with Gasteiger partial charge in [0, 0.05) is 6.04 Å². The van der Waals surface area contributed by atoms with Gasteiger partial charge >= 0.3 is 0 Å². The van der Waals surface area contributed by atoms with Crippen LogP contribution >= 0.6 is 0 Å². The van der Waals surface area contributed by atoms with Gasteiger partial charge in [-0.2, -0.15) is 0 Å². The number of hydrogen-bond donors (Lipinski definition) is 2. The fraction of sp³-hybridized carbons (Fsp3) is 0.300. The number of nitrogens with two attached hydrogens (primary N) is 2. The van der Waals surface area contributed by atoms with E-state index in [4.69, 9.17) is 16.2 Å². The van der Waals surface area contributed by atoms with Crippen molar-refractivity contribution in [2.24, 2.45) is 11.5 Å². The molecule has 1 aromatic rings. The highest BCUT2D eigenvalue weighted by Gasteiger charge is 2.07. The van der Waals surface area contributed by atoms with Crippen LogP contribution in [0.4, 0.5) is 4.39 Å². The smallest absolute Gasteiger partial charge is 0.255 e. The molecule has 0 aliphatic carbocycles. The van der Waals surface area contributed by atoms with Gasteiger partial charge in [-0.3, -0.25) is 4.79 Å². The van der Waals surface area contributed by atoms with Crippen LogP contribution in [0.2, 0.25) is 0 Å². The average Bonchev–Trinajstić information content (AvgIpc) is 2.15. The van der Waals surface area contributed by atoms with Gasteiger partial charge in [-0.15, -0.1) is 0 Å². The Hall–Kier alpha value is -1.62. The minimum absolute atomic E-state index is 0.00167. The van der Waals surface area contributed by atoms with Crippen molar-refractivity contribution >= 4 is 5.91 Å². The van der Waals surface area contributed by atoms with Crippen LogP contribution in [-0.4, -0.2) is 12.5 Å². The van der Waals surface area contributed by atoms with E-state index in [1.165, 1.54) is 12.1 Å². The largest absolute Gasteiger partial charge is 0.481 e. The van der Waals surface area contributed by atoms with E-state index in [0.717, 1.165) is 0 Å². The molecule has 82 valence electrons. The van der Waals surface area contributed by atoms with Gasteiger partial charge in [0.2, 0.25) is 0 Å². The van der Waals surface area contributed by atoms with Gasteiger partial charge < -0.3 is 16.2 Å². The number of carbonyl (C=O) groups is 1. The monoisotopic (exact) mass is 212 g/mol. The van der Waals surface area contributed by atoms with Crippen LogP contribution in [0.15, 0.2) is 18.2 Å². The van der Waals surface area contributed by atoms with Gasteiger partial charge in [-0.05, 0) is 24.6 Å². The first-order valence-corrected chi connectivity index (χ1v) is 4.47. The van der Waals surface area contributed by atoms with Crippen molar-refractivity contribution in [3.8, 4) is 5.75 Å². The van der Waals surface area contributed by atoms with Crippen molar-refractivity contribution in [1.82, 2.24) is 0 Å². The van der Waals surface area contributed by atoms with E-state index < -0.39 is 11.7 Å². The molecule has 0 aliphatic rings. The molecule has 1 amide bonds. The molecule has 0 saturated heterocycles. The quantitative estimate of drug-likeness (QED) is 0.771. The molecule has 1 atom stereocenters. The van der Waals surface area contributed by atoms with Crippen molar-refractivity contribution in [1.29, 1.82) is 0 Å². The summed E-state index contributed by atoms with van der Waals surface area (Å²) in [7, 11) is 0. The van der Waals surface area contributed by atoms with Crippen molar-refractivity contribution in [2.45, 2.75) is 13.0 Å². The third-order valence-corrected chi connectivity index (χ3v) is 1.85. The third kappa shape index (κ3) is 3.21. The van der Waals surface area contributed by atoms with Gasteiger partial charge in [0.05, 0.1) is 0 Å². The molecule has 15 heavy (non-hydrogen) atoms. The molecular formula is C10H13FN2O2. The second-order valence-electron chi connectivity index (χ2n) is 3.23. The molecule has 4 nitrogen and oxygen atoms in total. The summed E-state index contributed by atoms with van der Waals surface area (Å²) in [5.74, 6) is -1.20. The number of carbonyl (C=O) groups excluding carboxylic acids is 1. The van der Waals surface area contributed by atoms with E-state index >= 15 is 0 Å². The molecule has 1 aromatic carbocycles. The van der Waals surface area contributed by atoms with Gasteiger partial charge in [0.1, 0.15) is 0 Å². The maximum Gasteiger partial charge on any atom is 0.255 e. The maximum atomic E-state index is 13.3. The average molecular weight is 212 g/mol. The molecule has 0 fully saturated rings. The van der Waals surface area contributed by atoms with Crippen LogP contribution in [0, 0.1) is 5.82 Å². The molecule has 0 saturated carbocycles. The Morgan fingerprint density at radius 3 is 2.73 bits per heavy atom. The number of benzene rings is 1. The van der Waals surface area contributed by atoms with Gasteiger partial charge in [0.15, 0.2) is 18.2 Å². The molecule has 0 aromatic heterocycles. The van der Waals surface area contributed by atoms with Crippen molar-refractivity contribution in [3.05, 3.63) is 29.6 Å². The van der Waals surface area contributed by atoms with Crippen molar-refractivity contribution in [2.75, 3.05) is 6.61 Å². The summed E-state index contributed by atoms with van der Waals surface area (Å²) in [6.45, 7) is 1.41. The van der Waals surface area contributed by atoms with Crippen LogP contribution in [0.1, 0.15) is 18.5 Å². The summed E-state index contributed by atoms with van der Waals surface area (Å²) in [5.41, 5.74) is 11.1. The second-order valence-corrected chi connectivity index (χ2v) is 3.23. The van der Waals surface area contributed by atoms with E-state index in [2.05, 4.69) is 0 Å². The lowest BCUT2D eigenvalue weighted by Gasteiger charge is -2.09. The molecule has 0 aliphatic heterocycles. The van der Waals surface area contributed by atoms with E-state index in [1.54, 1.807) is 13.0 Å². The molecule has 0 bridgehead atoms. The van der Waals surface area contributed by atoms with Gasteiger partial charge in [-0.1, -0.05) is 6.07 Å². The fourth-order valence-corrected chi connectivity index (χ4v) is 1.07. The summed E-state index contributed by atoms with van der Waals surface area (Å²) >= 11 is 0. The van der Waals surface area contributed by atoms with Crippen molar-refractivity contribution < 1.29 is 13.9 Å². The molecule has 0 radical (unpaired) electrons. The first kappa shape index (κ1) is 11.5. The summed E-state index contributed by atoms with van der Waals surface area (Å²) in [5, 5.41) is 0. The zero-order valence-electron chi connectivity index (χ0n) is 8.37. The molecule has 1 rings (SSSR count). The molecule has 4 N–H and O–H groups in total. The number of halogens is 1. The van der Waals surface area contributed by atoms with Crippen LogP contribution in [0.25, 0.3) is 0 Å². The Labute approximate surface area is 87.0 Å². The number of rotatable bonds is 4. The SMILES string of the molecule is C[C@@H](N)c1ccc(OCC(N)=O)c(F)c1. The highest BCUT2D eigenvalue weighted by Crippen LogP contribution is 2.20. The Morgan fingerprint density at radius 2 is 2.27 bits per heavy atom. The lowest BCUT2D eigenvalue weighted by molar-refractivity contribution is -0.120. The molecule has 0 heterocycles. The predicted octanol–water partition coefficient (Wildman–Crippen LogP) is 0.710. The standard InChI is InChI=1S/C10H13FN2O2/c1-6(12)7-2-3-9(8(11)4-7)15-5-10(13)14/h2-4,6H,5,12H2,1H3,(H2,13,14)/t6-/m1/s1. The van der Waals surface area contributed by atoms with E-state index in [9.17, 15) is 9.18 Å². The van der Waals surface area contributed by atoms with E-state index in [-0.39, 0.29) is 18.4 Å². The first-order valence-electron chi connectivity index (χ1n) is 4.47. The normalized spacial score (nSPS) is 12.2. The topological polar surface area (TPSA) is 78.3 Å². The minimum Gasteiger partial charge on any atom is -0.481 e. The zero-order valence-corrected chi connectivity index (χ0v) is 8.37. The number of primary amides is 1. The molecule has 5 heteroatoms. The molecule has 0 spiro atoms. The van der Waals surface area contributed by atoms with Crippen LogP contribution < -0.4 is 16.2 Å². The number of hydrogen-bond acceptors (Lipinski definition) is 3.